The zero-order chi connectivity index (χ0) is 13.7. The van der Waals surface area contributed by atoms with E-state index >= 15 is 0 Å². The molecule has 6 nitrogen and oxygen atoms in total. The quantitative estimate of drug-likeness (QED) is 0.561. The predicted octanol–water partition coefficient (Wildman–Crippen LogP) is 0.840. The van der Waals surface area contributed by atoms with Gasteiger partial charge < -0.3 is 14.6 Å². The van der Waals surface area contributed by atoms with Crippen molar-refractivity contribution in [1.82, 2.24) is 0 Å². The van der Waals surface area contributed by atoms with Crippen LogP contribution in [-0.2, 0) is 23.9 Å². The third kappa shape index (κ3) is 3.21. The van der Waals surface area contributed by atoms with Gasteiger partial charge >= 0.3 is 17.9 Å². The average Bonchev–Trinajstić information content (AvgIpc) is 2.22. The number of hydrogen-bond acceptors (Lipinski definition) is 5. The molecule has 0 aromatic heterocycles. The molecule has 0 aromatic carbocycles. The number of esters is 2. The summed E-state index contributed by atoms with van der Waals surface area (Å²) in [7, 11) is 0. The van der Waals surface area contributed by atoms with Crippen molar-refractivity contribution in [1.29, 1.82) is 0 Å². The Balaban J connectivity index is 2.65. The molecular weight excluding hydrogens is 240 g/mol. The average molecular weight is 258 g/mol. The van der Waals surface area contributed by atoms with E-state index in [1.165, 1.54) is 0 Å². The molecule has 1 aliphatic rings. The van der Waals surface area contributed by atoms with Crippen molar-refractivity contribution < 1.29 is 29.0 Å². The van der Waals surface area contributed by atoms with E-state index in [-0.39, 0.29) is 19.1 Å². The van der Waals surface area contributed by atoms with E-state index in [2.05, 4.69) is 0 Å². The minimum absolute atomic E-state index is 0.184. The van der Waals surface area contributed by atoms with E-state index in [9.17, 15) is 14.4 Å². The van der Waals surface area contributed by atoms with Gasteiger partial charge in [-0.15, -0.1) is 0 Å². The second kappa shape index (κ2) is 6.37. The Bertz CT molecular complexity index is 313. The molecule has 0 aromatic rings. The van der Waals surface area contributed by atoms with E-state index in [0.29, 0.717) is 12.8 Å². The summed E-state index contributed by atoms with van der Waals surface area (Å²) in [6, 6.07) is 0. The van der Waals surface area contributed by atoms with Gasteiger partial charge in [0.25, 0.3) is 0 Å². The van der Waals surface area contributed by atoms with E-state index in [1.54, 1.807) is 13.8 Å². The fraction of sp³-hybridized carbons (Fsp3) is 0.750. The minimum Gasteiger partial charge on any atom is -0.481 e. The number of ether oxygens (including phenoxy) is 2. The molecule has 1 saturated carbocycles. The second-order valence-electron chi connectivity index (χ2n) is 4.25. The van der Waals surface area contributed by atoms with Crippen LogP contribution in [-0.4, -0.2) is 36.2 Å². The highest BCUT2D eigenvalue weighted by Gasteiger charge is 2.46. The largest absolute Gasteiger partial charge is 0.481 e. The number of aliphatic carboxylic acids is 1. The number of carboxylic acids is 1. The van der Waals surface area contributed by atoms with Gasteiger partial charge in [-0.3, -0.25) is 14.4 Å². The maximum atomic E-state index is 11.7. The summed E-state index contributed by atoms with van der Waals surface area (Å²) in [6.45, 7) is 3.68. The number of hydrogen-bond donors (Lipinski definition) is 1. The molecule has 102 valence electrons. The third-order valence-electron chi connectivity index (χ3n) is 3.08. The SMILES string of the molecule is CCOC(=O)C(C(=O)OCC)C1CC(C(=O)O)C1. The molecule has 0 heterocycles. The smallest absolute Gasteiger partial charge is 0.320 e. The maximum Gasteiger partial charge on any atom is 0.320 e. The van der Waals surface area contributed by atoms with Crippen molar-refractivity contribution >= 4 is 17.9 Å². The van der Waals surface area contributed by atoms with Crippen LogP contribution in [0.15, 0.2) is 0 Å². The van der Waals surface area contributed by atoms with Crippen LogP contribution in [0.5, 0.6) is 0 Å². The summed E-state index contributed by atoms with van der Waals surface area (Å²) in [4.78, 5) is 34.1. The lowest BCUT2D eigenvalue weighted by atomic mass is 9.68. The Morgan fingerprint density at radius 1 is 1.11 bits per heavy atom. The van der Waals surface area contributed by atoms with Crippen molar-refractivity contribution in [2.75, 3.05) is 13.2 Å². The molecule has 0 spiro atoms. The summed E-state index contributed by atoms with van der Waals surface area (Å²) >= 11 is 0. The van der Waals surface area contributed by atoms with E-state index in [4.69, 9.17) is 14.6 Å². The number of carboxylic acid groups (broad SMARTS) is 1. The molecule has 1 fully saturated rings. The highest BCUT2D eigenvalue weighted by molar-refractivity contribution is 5.95. The first-order chi connectivity index (χ1) is 8.51. The van der Waals surface area contributed by atoms with Gasteiger partial charge in [0.2, 0.25) is 0 Å². The van der Waals surface area contributed by atoms with Gasteiger partial charge in [-0.05, 0) is 32.6 Å². The summed E-state index contributed by atoms with van der Waals surface area (Å²) in [5.74, 6) is -3.88. The van der Waals surface area contributed by atoms with Crippen LogP contribution in [0.2, 0.25) is 0 Å². The lowest BCUT2D eigenvalue weighted by Crippen LogP contribution is -2.43. The third-order valence-corrected chi connectivity index (χ3v) is 3.08. The van der Waals surface area contributed by atoms with Crippen molar-refractivity contribution in [2.24, 2.45) is 17.8 Å². The van der Waals surface area contributed by atoms with Gasteiger partial charge in [-0.1, -0.05) is 0 Å². The van der Waals surface area contributed by atoms with Gasteiger partial charge in [0.05, 0.1) is 19.1 Å². The van der Waals surface area contributed by atoms with Gasteiger partial charge in [0, 0.05) is 0 Å². The molecule has 1 rings (SSSR count). The van der Waals surface area contributed by atoms with E-state index < -0.39 is 29.7 Å². The van der Waals surface area contributed by atoms with Gasteiger partial charge in [-0.25, -0.2) is 0 Å². The second-order valence-corrected chi connectivity index (χ2v) is 4.25. The lowest BCUT2D eigenvalue weighted by Gasteiger charge is -2.35. The van der Waals surface area contributed by atoms with Gasteiger partial charge in [0.1, 0.15) is 0 Å². The van der Waals surface area contributed by atoms with Crippen LogP contribution in [0, 0.1) is 17.8 Å². The van der Waals surface area contributed by atoms with Crippen LogP contribution < -0.4 is 0 Å². The van der Waals surface area contributed by atoms with Crippen molar-refractivity contribution in [3.05, 3.63) is 0 Å². The highest BCUT2D eigenvalue weighted by Crippen LogP contribution is 2.40. The molecular formula is C12H18O6. The number of carbonyl (C=O) groups is 3. The van der Waals surface area contributed by atoms with E-state index in [0.717, 1.165) is 0 Å². The summed E-state index contributed by atoms with van der Waals surface area (Å²) in [5, 5.41) is 8.78. The summed E-state index contributed by atoms with van der Waals surface area (Å²) in [5.41, 5.74) is 0. The van der Waals surface area contributed by atoms with Gasteiger partial charge in [-0.2, -0.15) is 0 Å². The molecule has 0 aliphatic heterocycles. The molecule has 0 radical (unpaired) electrons. The zero-order valence-corrected chi connectivity index (χ0v) is 10.5. The standard InChI is InChI=1S/C12H18O6/c1-3-17-11(15)9(12(16)18-4-2)7-5-8(6-7)10(13)14/h7-9H,3-6H2,1-2H3,(H,13,14). The lowest BCUT2D eigenvalue weighted by molar-refractivity contribution is -0.170. The normalized spacial score (nSPS) is 22.2. The number of carbonyl (C=O) groups excluding carboxylic acids is 2. The maximum absolute atomic E-state index is 11.7. The molecule has 0 unspecified atom stereocenters. The molecule has 0 atom stereocenters. The Morgan fingerprint density at radius 2 is 1.56 bits per heavy atom. The predicted molar refractivity (Wildman–Crippen MR) is 60.6 cm³/mol. The first-order valence-electron chi connectivity index (χ1n) is 6.07. The fourth-order valence-electron chi connectivity index (χ4n) is 2.08. The summed E-state index contributed by atoms with van der Waals surface area (Å²) < 4.78 is 9.67. The summed E-state index contributed by atoms with van der Waals surface area (Å²) in [6.07, 6.45) is 0.634. The Labute approximate surface area is 105 Å². The van der Waals surface area contributed by atoms with E-state index in [1.807, 2.05) is 0 Å². The Hall–Kier alpha value is -1.59. The first kappa shape index (κ1) is 14.5. The van der Waals surface area contributed by atoms with Crippen LogP contribution in [0.25, 0.3) is 0 Å². The van der Waals surface area contributed by atoms with Crippen LogP contribution in [0.1, 0.15) is 26.7 Å². The van der Waals surface area contributed by atoms with Crippen molar-refractivity contribution in [2.45, 2.75) is 26.7 Å². The van der Waals surface area contributed by atoms with Crippen molar-refractivity contribution in [3.63, 3.8) is 0 Å². The van der Waals surface area contributed by atoms with Crippen LogP contribution >= 0.6 is 0 Å². The van der Waals surface area contributed by atoms with Crippen LogP contribution in [0.4, 0.5) is 0 Å². The molecule has 1 aliphatic carbocycles. The van der Waals surface area contributed by atoms with Crippen molar-refractivity contribution in [3.8, 4) is 0 Å². The Morgan fingerprint density at radius 3 is 1.89 bits per heavy atom. The zero-order valence-electron chi connectivity index (χ0n) is 10.5. The molecule has 0 amide bonds. The first-order valence-corrected chi connectivity index (χ1v) is 6.07. The van der Waals surface area contributed by atoms with Crippen LogP contribution in [0.3, 0.4) is 0 Å². The molecule has 1 N–H and O–H groups in total. The molecule has 0 saturated heterocycles. The minimum atomic E-state index is -0.986. The number of rotatable bonds is 6. The highest BCUT2D eigenvalue weighted by atomic mass is 16.6. The Kier molecular flexibility index (Phi) is 5.12. The topological polar surface area (TPSA) is 89.9 Å². The monoisotopic (exact) mass is 258 g/mol. The fourth-order valence-corrected chi connectivity index (χ4v) is 2.08. The molecule has 6 heteroatoms. The molecule has 0 bridgehead atoms. The molecule has 18 heavy (non-hydrogen) atoms. The van der Waals surface area contributed by atoms with Gasteiger partial charge in [0.15, 0.2) is 5.92 Å².